The fourth-order valence-corrected chi connectivity index (χ4v) is 5.73. The SMILES string of the molecule is Cc1ccc(-c2nn(-c3ccccc3)cc2C(=O)Cc2cccc(S(=O)(=O)N3CCOCC3)c2)cc1. The zero-order valence-electron chi connectivity index (χ0n) is 20.0. The molecule has 1 aliphatic heterocycles. The fraction of sp³-hybridized carbons (Fsp3) is 0.214. The minimum absolute atomic E-state index is 0.0613. The first-order valence-corrected chi connectivity index (χ1v) is 13.3. The molecular weight excluding hydrogens is 474 g/mol. The summed E-state index contributed by atoms with van der Waals surface area (Å²) in [5, 5.41) is 4.74. The molecule has 0 aliphatic carbocycles. The molecule has 8 heteroatoms. The number of aryl methyl sites for hydroxylation is 1. The Morgan fingerprint density at radius 3 is 2.39 bits per heavy atom. The minimum atomic E-state index is -3.65. The summed E-state index contributed by atoms with van der Waals surface area (Å²) in [5.41, 5.74) is 4.54. The number of carbonyl (C=O) groups excluding carboxylic acids is 1. The van der Waals surface area contributed by atoms with Gasteiger partial charge in [-0.05, 0) is 36.8 Å². The van der Waals surface area contributed by atoms with Crippen LogP contribution in [0.4, 0.5) is 0 Å². The maximum Gasteiger partial charge on any atom is 0.243 e. The smallest absolute Gasteiger partial charge is 0.243 e. The van der Waals surface area contributed by atoms with Gasteiger partial charge < -0.3 is 4.74 Å². The molecule has 0 radical (unpaired) electrons. The lowest BCUT2D eigenvalue weighted by molar-refractivity contribution is 0.0730. The van der Waals surface area contributed by atoms with E-state index in [9.17, 15) is 13.2 Å². The number of Topliss-reactive ketones (excluding diaryl/α,β-unsaturated/α-hetero) is 1. The Bertz CT molecular complexity index is 1470. The molecule has 4 aromatic rings. The third kappa shape index (κ3) is 5.02. The predicted molar refractivity (Wildman–Crippen MR) is 138 cm³/mol. The Balaban J connectivity index is 1.47. The highest BCUT2D eigenvalue weighted by Crippen LogP contribution is 2.26. The van der Waals surface area contributed by atoms with Crippen LogP contribution in [0.2, 0.25) is 0 Å². The van der Waals surface area contributed by atoms with E-state index in [1.807, 2.05) is 61.5 Å². The summed E-state index contributed by atoms with van der Waals surface area (Å²) in [6.07, 6.45) is 1.81. The van der Waals surface area contributed by atoms with Crippen LogP contribution in [0.25, 0.3) is 16.9 Å². The van der Waals surface area contributed by atoms with Crippen molar-refractivity contribution >= 4 is 15.8 Å². The number of hydrogen-bond acceptors (Lipinski definition) is 5. The summed E-state index contributed by atoms with van der Waals surface area (Å²) in [7, 11) is -3.65. The molecule has 1 aliphatic rings. The number of ether oxygens (including phenoxy) is 1. The highest BCUT2D eigenvalue weighted by molar-refractivity contribution is 7.89. The van der Waals surface area contributed by atoms with E-state index in [1.54, 1.807) is 35.1 Å². The van der Waals surface area contributed by atoms with Gasteiger partial charge in [0, 0.05) is 31.3 Å². The summed E-state index contributed by atoms with van der Waals surface area (Å²) < 4.78 is 34.6. The van der Waals surface area contributed by atoms with Crippen molar-refractivity contribution in [2.24, 2.45) is 0 Å². The third-order valence-corrected chi connectivity index (χ3v) is 8.13. The number of aromatic nitrogens is 2. The molecule has 1 aromatic heterocycles. The molecule has 2 heterocycles. The van der Waals surface area contributed by atoms with E-state index in [-0.39, 0.29) is 17.1 Å². The average Bonchev–Trinajstić information content (AvgIpc) is 3.36. The maximum absolute atomic E-state index is 13.6. The van der Waals surface area contributed by atoms with Crippen LogP contribution in [0.3, 0.4) is 0 Å². The molecule has 184 valence electrons. The van der Waals surface area contributed by atoms with E-state index in [1.165, 1.54) is 4.31 Å². The molecule has 0 bridgehead atoms. The Labute approximate surface area is 211 Å². The van der Waals surface area contributed by atoms with Crippen LogP contribution in [0.5, 0.6) is 0 Å². The number of benzene rings is 3. The molecule has 0 saturated carbocycles. The van der Waals surface area contributed by atoms with Crippen LogP contribution < -0.4 is 0 Å². The molecule has 0 unspecified atom stereocenters. The molecule has 3 aromatic carbocycles. The van der Waals surface area contributed by atoms with Gasteiger partial charge in [0.2, 0.25) is 10.0 Å². The summed E-state index contributed by atoms with van der Waals surface area (Å²) in [5.74, 6) is -0.131. The lowest BCUT2D eigenvalue weighted by Gasteiger charge is -2.26. The standard InChI is InChI=1S/C28H27N3O4S/c1-21-10-12-23(13-11-21)28-26(20-31(29-28)24-7-3-2-4-8-24)27(32)19-22-6-5-9-25(18-22)36(33,34)30-14-16-35-17-15-30/h2-13,18,20H,14-17,19H2,1H3. The first kappa shape index (κ1) is 24.1. The van der Waals surface area contributed by atoms with Crippen molar-refractivity contribution in [2.75, 3.05) is 26.3 Å². The van der Waals surface area contributed by atoms with Crippen molar-refractivity contribution < 1.29 is 17.9 Å². The van der Waals surface area contributed by atoms with Gasteiger partial charge in [-0.1, -0.05) is 60.2 Å². The van der Waals surface area contributed by atoms with Crippen LogP contribution in [-0.4, -0.2) is 54.6 Å². The topological polar surface area (TPSA) is 81.5 Å². The van der Waals surface area contributed by atoms with Crippen molar-refractivity contribution in [3.63, 3.8) is 0 Å². The van der Waals surface area contributed by atoms with E-state index in [2.05, 4.69) is 0 Å². The number of carbonyl (C=O) groups is 1. The number of hydrogen-bond donors (Lipinski definition) is 0. The highest BCUT2D eigenvalue weighted by Gasteiger charge is 2.27. The number of para-hydroxylation sites is 1. The molecule has 5 rings (SSSR count). The molecule has 1 fully saturated rings. The number of sulfonamides is 1. The Kier molecular flexibility index (Phi) is 6.82. The van der Waals surface area contributed by atoms with E-state index < -0.39 is 10.0 Å². The number of nitrogens with zero attached hydrogens (tertiary/aromatic N) is 3. The van der Waals surface area contributed by atoms with Crippen LogP contribution in [0.1, 0.15) is 21.5 Å². The number of rotatable bonds is 7. The van der Waals surface area contributed by atoms with Gasteiger partial charge in [-0.3, -0.25) is 4.79 Å². The first-order chi connectivity index (χ1) is 17.4. The van der Waals surface area contributed by atoms with E-state index in [0.717, 1.165) is 16.8 Å². The average molecular weight is 502 g/mol. The molecule has 1 saturated heterocycles. The quantitative estimate of drug-likeness (QED) is 0.353. The van der Waals surface area contributed by atoms with Gasteiger partial charge in [-0.15, -0.1) is 0 Å². The zero-order valence-corrected chi connectivity index (χ0v) is 20.8. The van der Waals surface area contributed by atoms with Crippen LogP contribution in [-0.2, 0) is 21.2 Å². The molecular formula is C28H27N3O4S. The largest absolute Gasteiger partial charge is 0.379 e. The molecule has 0 spiro atoms. The minimum Gasteiger partial charge on any atom is -0.379 e. The molecule has 0 amide bonds. The Hall–Kier alpha value is -3.59. The number of ketones is 1. The van der Waals surface area contributed by atoms with Crippen molar-refractivity contribution in [3.05, 3.63) is 102 Å². The fourth-order valence-electron chi connectivity index (χ4n) is 4.25. The van der Waals surface area contributed by atoms with Crippen molar-refractivity contribution in [3.8, 4) is 16.9 Å². The van der Waals surface area contributed by atoms with Gasteiger partial charge >= 0.3 is 0 Å². The lowest BCUT2D eigenvalue weighted by atomic mass is 10.00. The van der Waals surface area contributed by atoms with Gasteiger partial charge in [-0.2, -0.15) is 9.40 Å². The van der Waals surface area contributed by atoms with Crippen LogP contribution in [0.15, 0.2) is 90.0 Å². The third-order valence-electron chi connectivity index (χ3n) is 6.23. The molecule has 0 N–H and O–H groups in total. The molecule has 36 heavy (non-hydrogen) atoms. The van der Waals surface area contributed by atoms with Crippen molar-refractivity contribution in [1.29, 1.82) is 0 Å². The summed E-state index contributed by atoms with van der Waals surface area (Å²) in [4.78, 5) is 13.7. The van der Waals surface area contributed by atoms with Crippen molar-refractivity contribution in [1.82, 2.24) is 14.1 Å². The van der Waals surface area contributed by atoms with Crippen molar-refractivity contribution in [2.45, 2.75) is 18.2 Å². The van der Waals surface area contributed by atoms with Crippen LogP contribution >= 0.6 is 0 Å². The van der Waals surface area contributed by atoms with Gasteiger partial charge in [0.25, 0.3) is 0 Å². The summed E-state index contributed by atoms with van der Waals surface area (Å²) in [6.45, 7) is 3.42. The molecule has 0 atom stereocenters. The molecule has 7 nitrogen and oxygen atoms in total. The normalized spacial score (nSPS) is 14.6. The lowest BCUT2D eigenvalue weighted by Crippen LogP contribution is -2.40. The zero-order chi connectivity index (χ0) is 25.1. The summed E-state index contributed by atoms with van der Waals surface area (Å²) in [6, 6.07) is 24.2. The Morgan fingerprint density at radius 1 is 0.944 bits per heavy atom. The Morgan fingerprint density at radius 2 is 1.67 bits per heavy atom. The number of morpholine rings is 1. The van der Waals surface area contributed by atoms with E-state index in [0.29, 0.717) is 43.1 Å². The van der Waals surface area contributed by atoms with Gasteiger partial charge in [0.1, 0.15) is 5.69 Å². The maximum atomic E-state index is 13.6. The first-order valence-electron chi connectivity index (χ1n) is 11.8. The van der Waals surface area contributed by atoms with E-state index >= 15 is 0 Å². The van der Waals surface area contributed by atoms with E-state index in [4.69, 9.17) is 9.84 Å². The second-order valence-electron chi connectivity index (χ2n) is 8.80. The second-order valence-corrected chi connectivity index (χ2v) is 10.7. The monoisotopic (exact) mass is 501 g/mol. The van der Waals surface area contributed by atoms with Crippen LogP contribution in [0, 0.1) is 6.92 Å². The van der Waals surface area contributed by atoms with Gasteiger partial charge in [0.15, 0.2) is 5.78 Å². The highest BCUT2D eigenvalue weighted by atomic mass is 32.2. The van der Waals surface area contributed by atoms with Gasteiger partial charge in [-0.25, -0.2) is 13.1 Å². The predicted octanol–water partition coefficient (Wildman–Crippen LogP) is 4.29. The summed E-state index contributed by atoms with van der Waals surface area (Å²) >= 11 is 0. The van der Waals surface area contributed by atoms with Gasteiger partial charge in [0.05, 0.1) is 29.4 Å². The second kappa shape index (κ2) is 10.2.